The highest BCUT2D eigenvalue weighted by atomic mass is 15.2. The Morgan fingerprint density at radius 1 is 0.691 bits per heavy atom. The van der Waals surface area contributed by atoms with Crippen molar-refractivity contribution in [1.82, 2.24) is 5.32 Å². The van der Waals surface area contributed by atoms with Gasteiger partial charge in [-0.2, -0.15) is 0 Å². The first-order chi connectivity index (χ1) is 27.1. The summed E-state index contributed by atoms with van der Waals surface area (Å²) in [4.78, 5) is 10.2. The molecule has 3 aliphatic rings. The zero-order valence-electron chi connectivity index (χ0n) is 31.2. The lowest BCUT2D eigenvalue weighted by atomic mass is 9.79. The smallest absolute Gasteiger partial charge is 0.169 e. The van der Waals surface area contributed by atoms with Gasteiger partial charge in [-0.1, -0.05) is 182 Å². The molecule has 0 amide bonds. The molecule has 0 saturated carbocycles. The van der Waals surface area contributed by atoms with Gasteiger partial charge < -0.3 is 11.1 Å². The molecule has 4 heteroatoms. The van der Waals surface area contributed by atoms with Crippen molar-refractivity contribution in [2.24, 2.45) is 27.6 Å². The largest absolute Gasteiger partial charge is 0.326 e. The molecule has 0 bridgehead atoms. The van der Waals surface area contributed by atoms with Gasteiger partial charge in [-0.05, 0) is 81.9 Å². The lowest BCUT2D eigenvalue weighted by molar-refractivity contribution is 0.755. The summed E-state index contributed by atoms with van der Waals surface area (Å²) < 4.78 is 0. The molecular weight excluding hydrogens is 669 g/mol. The van der Waals surface area contributed by atoms with E-state index in [0.29, 0.717) is 12.5 Å². The van der Waals surface area contributed by atoms with Gasteiger partial charge in [0, 0.05) is 23.6 Å². The first kappa shape index (κ1) is 35.7. The van der Waals surface area contributed by atoms with Crippen LogP contribution in [0.5, 0.6) is 0 Å². The first-order valence-corrected chi connectivity index (χ1v) is 19.3. The molecule has 270 valence electrons. The molecule has 0 radical (unpaired) electrons. The van der Waals surface area contributed by atoms with Gasteiger partial charge in [-0.15, -0.1) is 0 Å². The van der Waals surface area contributed by atoms with E-state index in [1.54, 1.807) is 0 Å². The molecular formula is C51H46N4. The van der Waals surface area contributed by atoms with Crippen molar-refractivity contribution < 1.29 is 0 Å². The van der Waals surface area contributed by atoms with Gasteiger partial charge in [0.05, 0.1) is 0 Å². The Kier molecular flexibility index (Phi) is 10.9. The maximum absolute atomic E-state index is 6.43. The molecule has 0 spiro atoms. The van der Waals surface area contributed by atoms with Crippen LogP contribution < -0.4 is 11.1 Å². The highest BCUT2D eigenvalue weighted by Gasteiger charge is 2.23. The summed E-state index contributed by atoms with van der Waals surface area (Å²) in [6.07, 6.45) is 20.0. The maximum atomic E-state index is 6.43. The molecule has 4 nitrogen and oxygen atoms in total. The molecule has 0 saturated heterocycles. The molecule has 2 aliphatic carbocycles. The molecule has 5 aromatic rings. The normalized spacial score (nSPS) is 18.9. The summed E-state index contributed by atoms with van der Waals surface area (Å²) in [7, 11) is 0. The Balaban J connectivity index is 1.12. The number of nitrogens with one attached hydrogen (secondary N) is 1. The van der Waals surface area contributed by atoms with Crippen LogP contribution in [0.4, 0.5) is 0 Å². The quantitative estimate of drug-likeness (QED) is 0.141. The summed E-state index contributed by atoms with van der Waals surface area (Å²) in [5.74, 6) is 2.20. The Morgan fingerprint density at radius 2 is 1.33 bits per heavy atom. The average molecular weight is 715 g/mol. The van der Waals surface area contributed by atoms with E-state index in [2.05, 4.69) is 164 Å². The van der Waals surface area contributed by atoms with E-state index >= 15 is 0 Å². The number of nitrogens with zero attached hydrogens (tertiary/aromatic N) is 2. The second kappa shape index (κ2) is 16.8. The van der Waals surface area contributed by atoms with Gasteiger partial charge >= 0.3 is 0 Å². The fraction of sp³-hybridized carbons (Fsp3) is 0.137. The molecule has 0 aromatic heterocycles. The van der Waals surface area contributed by atoms with Gasteiger partial charge in [-0.25, -0.2) is 9.98 Å². The van der Waals surface area contributed by atoms with Crippen molar-refractivity contribution in [3.63, 3.8) is 0 Å². The summed E-state index contributed by atoms with van der Waals surface area (Å²) in [5.41, 5.74) is 19.3. The fourth-order valence-corrected chi connectivity index (χ4v) is 7.75. The summed E-state index contributed by atoms with van der Waals surface area (Å²) in [5, 5.41) is 3.51. The summed E-state index contributed by atoms with van der Waals surface area (Å²) in [6, 6.07) is 48.7. The zero-order chi connectivity index (χ0) is 37.4. The second-order valence-electron chi connectivity index (χ2n) is 14.2. The molecule has 1 aliphatic heterocycles. The lowest BCUT2D eigenvalue weighted by Gasteiger charge is -2.25. The number of amidine groups is 2. The molecule has 1 heterocycles. The number of nitrogens with two attached hydrogens (primary N) is 1. The van der Waals surface area contributed by atoms with E-state index in [1.807, 2.05) is 36.4 Å². The van der Waals surface area contributed by atoms with Crippen molar-refractivity contribution >= 4 is 34.0 Å². The number of benzene rings is 5. The number of allylic oxidation sites excluding steroid dienone is 11. The van der Waals surface area contributed by atoms with Gasteiger partial charge in [-0.3, -0.25) is 0 Å². The molecule has 5 aromatic carbocycles. The molecule has 3 N–H and O–H groups in total. The van der Waals surface area contributed by atoms with Crippen LogP contribution in [0.1, 0.15) is 64.9 Å². The summed E-state index contributed by atoms with van der Waals surface area (Å²) in [6.45, 7) is 2.70. The van der Waals surface area contributed by atoms with Crippen molar-refractivity contribution in [2.75, 3.05) is 6.54 Å². The van der Waals surface area contributed by atoms with E-state index in [4.69, 9.17) is 15.7 Å². The fourth-order valence-electron chi connectivity index (χ4n) is 7.75. The topological polar surface area (TPSA) is 62.8 Å². The number of hydrogen-bond donors (Lipinski definition) is 2. The Morgan fingerprint density at radius 3 is 1.95 bits per heavy atom. The third kappa shape index (κ3) is 8.11. The van der Waals surface area contributed by atoms with E-state index in [1.165, 1.54) is 44.5 Å². The third-order valence-corrected chi connectivity index (χ3v) is 10.7. The van der Waals surface area contributed by atoms with Gasteiger partial charge in [0.15, 0.2) is 6.17 Å². The molecule has 2 atom stereocenters. The van der Waals surface area contributed by atoms with Crippen molar-refractivity contribution in [1.29, 1.82) is 0 Å². The number of rotatable bonds is 10. The van der Waals surface area contributed by atoms with Crippen LogP contribution in [-0.2, 0) is 0 Å². The monoisotopic (exact) mass is 714 g/mol. The van der Waals surface area contributed by atoms with Gasteiger partial charge in [0.1, 0.15) is 11.7 Å². The van der Waals surface area contributed by atoms with Crippen LogP contribution in [0.3, 0.4) is 0 Å². The third-order valence-electron chi connectivity index (χ3n) is 10.7. The van der Waals surface area contributed by atoms with Crippen LogP contribution in [-0.4, -0.2) is 18.2 Å². The molecule has 0 fully saturated rings. The lowest BCUT2D eigenvalue weighted by Crippen LogP contribution is -2.36. The zero-order valence-corrected chi connectivity index (χ0v) is 31.2. The van der Waals surface area contributed by atoms with E-state index in [0.717, 1.165) is 41.2 Å². The average Bonchev–Trinajstić information content (AvgIpc) is 3.27. The second-order valence-corrected chi connectivity index (χ2v) is 14.2. The van der Waals surface area contributed by atoms with Crippen LogP contribution in [0, 0.1) is 11.8 Å². The molecule has 55 heavy (non-hydrogen) atoms. The van der Waals surface area contributed by atoms with Crippen LogP contribution in [0.25, 0.3) is 22.3 Å². The van der Waals surface area contributed by atoms with E-state index < -0.39 is 0 Å². The number of aliphatic imine (C=N–C) groups is 2. The van der Waals surface area contributed by atoms with E-state index in [-0.39, 0.29) is 12.1 Å². The van der Waals surface area contributed by atoms with E-state index in [9.17, 15) is 0 Å². The van der Waals surface area contributed by atoms with Gasteiger partial charge in [0.25, 0.3) is 0 Å². The minimum Gasteiger partial charge on any atom is -0.326 e. The maximum Gasteiger partial charge on any atom is 0.169 e. The standard InChI is InChI=1S/C51H46N4/c1-36(48(35-52)39-19-8-3-9-20-39)45-27-14-15-28-46(45)47(33-37-17-6-2-7-18-37)40-31-29-38(30-32-40)43-25-16-26-44(34-43)51-54-49(41-21-10-4-11-22-41)53-50(55-51)42-23-12-5-13-24-42/h2-17,19-31,33-34,37,40,51H,18,32,35,52H2,1H3,(H,53,54,55)/b47-33+,48-36-. The predicted octanol–water partition coefficient (Wildman–Crippen LogP) is 11.2. The van der Waals surface area contributed by atoms with Gasteiger partial charge in [0.2, 0.25) is 0 Å². The summed E-state index contributed by atoms with van der Waals surface area (Å²) >= 11 is 0. The Labute approximate surface area is 325 Å². The molecule has 8 rings (SSSR count). The number of hydrogen-bond acceptors (Lipinski definition) is 4. The van der Waals surface area contributed by atoms with Crippen LogP contribution >= 0.6 is 0 Å². The van der Waals surface area contributed by atoms with Crippen molar-refractivity contribution in [3.05, 3.63) is 227 Å². The van der Waals surface area contributed by atoms with Crippen LogP contribution in [0.15, 0.2) is 198 Å². The van der Waals surface area contributed by atoms with Crippen molar-refractivity contribution in [3.8, 4) is 0 Å². The van der Waals surface area contributed by atoms with Crippen LogP contribution in [0.2, 0.25) is 0 Å². The highest BCUT2D eigenvalue weighted by Crippen LogP contribution is 2.40. The highest BCUT2D eigenvalue weighted by molar-refractivity contribution is 6.15. The minimum atomic E-state index is -0.373. The first-order valence-electron chi connectivity index (χ1n) is 19.3. The predicted molar refractivity (Wildman–Crippen MR) is 232 cm³/mol. The minimum absolute atomic E-state index is 0.221. The molecule has 2 unspecified atom stereocenters. The van der Waals surface area contributed by atoms with Crippen molar-refractivity contribution in [2.45, 2.75) is 25.9 Å². The SMILES string of the molecule is C/C(=C(\CN)c1ccccc1)c1ccccc1/C(=C/C1C=CC=CC1)C1C=CC(c2cccc(C3N=C(c4ccccc4)NC(c4ccccc4)=N3)c2)=CC1. The Bertz CT molecular complexity index is 2340. The Hall–Kier alpha value is -6.36.